The van der Waals surface area contributed by atoms with Crippen molar-refractivity contribution >= 4 is 0 Å². The van der Waals surface area contributed by atoms with Crippen molar-refractivity contribution in [2.24, 2.45) is 0 Å². The number of aromatic nitrogens is 2. The number of aliphatic hydroxyl groups is 1. The Bertz CT molecular complexity index is 469. The minimum absolute atomic E-state index is 0.0433. The van der Waals surface area contributed by atoms with E-state index in [2.05, 4.69) is 9.97 Å². The van der Waals surface area contributed by atoms with Crippen LogP contribution in [0.2, 0.25) is 0 Å². The van der Waals surface area contributed by atoms with Gasteiger partial charge < -0.3 is 9.84 Å². The fourth-order valence-corrected chi connectivity index (χ4v) is 1.35. The van der Waals surface area contributed by atoms with Gasteiger partial charge in [0, 0.05) is 23.5 Å². The van der Waals surface area contributed by atoms with Crippen LogP contribution in [0.4, 0.5) is 0 Å². The zero-order valence-electron chi connectivity index (χ0n) is 8.92. The highest BCUT2D eigenvalue weighted by Crippen LogP contribution is 2.20. The maximum atomic E-state index is 8.88. The van der Waals surface area contributed by atoms with E-state index in [1.165, 1.54) is 0 Å². The fourth-order valence-electron chi connectivity index (χ4n) is 1.35. The lowest BCUT2D eigenvalue weighted by molar-refractivity contribution is 0.281. The van der Waals surface area contributed by atoms with E-state index < -0.39 is 0 Å². The number of hydrogen-bond donors (Lipinski definition) is 1. The molecule has 2 rings (SSSR count). The quantitative estimate of drug-likeness (QED) is 0.847. The third-order valence-corrected chi connectivity index (χ3v) is 2.22. The van der Waals surface area contributed by atoms with Crippen molar-refractivity contribution in [3.8, 4) is 17.1 Å². The lowest BCUT2D eigenvalue weighted by atomic mass is 10.2. The summed E-state index contributed by atoms with van der Waals surface area (Å²) in [5.41, 5.74) is 1.59. The summed E-state index contributed by atoms with van der Waals surface area (Å²) < 4.78 is 5.13. The van der Waals surface area contributed by atoms with E-state index in [4.69, 9.17) is 9.84 Å². The second kappa shape index (κ2) is 4.72. The van der Waals surface area contributed by atoms with Gasteiger partial charge in [-0.2, -0.15) is 0 Å². The molecule has 4 nitrogen and oxygen atoms in total. The van der Waals surface area contributed by atoms with Crippen LogP contribution in [0.15, 0.2) is 36.7 Å². The van der Waals surface area contributed by atoms with E-state index in [0.717, 1.165) is 11.3 Å². The van der Waals surface area contributed by atoms with Gasteiger partial charge in [0.05, 0.1) is 13.7 Å². The van der Waals surface area contributed by atoms with E-state index in [-0.39, 0.29) is 6.61 Å². The molecule has 2 aromatic rings. The van der Waals surface area contributed by atoms with Gasteiger partial charge in [0.15, 0.2) is 5.82 Å². The van der Waals surface area contributed by atoms with E-state index in [9.17, 15) is 0 Å². The minimum Gasteiger partial charge on any atom is -0.497 e. The van der Waals surface area contributed by atoms with Crippen LogP contribution in [0.1, 0.15) is 5.56 Å². The summed E-state index contributed by atoms with van der Waals surface area (Å²) in [6.07, 6.45) is 3.23. The first-order valence-corrected chi connectivity index (χ1v) is 4.89. The third kappa shape index (κ3) is 2.17. The molecular formula is C12H12N2O2. The van der Waals surface area contributed by atoms with Gasteiger partial charge in [-0.1, -0.05) is 12.1 Å². The molecule has 1 N–H and O–H groups in total. The zero-order valence-corrected chi connectivity index (χ0v) is 8.92. The Balaban J connectivity index is 2.34. The van der Waals surface area contributed by atoms with Crippen LogP contribution in [0.3, 0.4) is 0 Å². The van der Waals surface area contributed by atoms with Crippen molar-refractivity contribution in [3.05, 3.63) is 42.2 Å². The van der Waals surface area contributed by atoms with E-state index in [0.29, 0.717) is 11.4 Å². The van der Waals surface area contributed by atoms with Crippen LogP contribution in [-0.2, 0) is 6.61 Å². The summed E-state index contributed by atoms with van der Waals surface area (Å²) in [6.45, 7) is -0.0433. The highest BCUT2D eigenvalue weighted by molar-refractivity contribution is 5.57. The Morgan fingerprint density at radius 3 is 2.62 bits per heavy atom. The average molecular weight is 216 g/mol. The summed E-state index contributed by atoms with van der Waals surface area (Å²) in [5.74, 6) is 1.39. The number of nitrogens with zero attached hydrogens (tertiary/aromatic N) is 2. The highest BCUT2D eigenvalue weighted by atomic mass is 16.5. The molecule has 16 heavy (non-hydrogen) atoms. The Morgan fingerprint density at radius 2 is 2.00 bits per heavy atom. The summed E-state index contributed by atoms with van der Waals surface area (Å²) in [5, 5.41) is 8.88. The Kier molecular flexibility index (Phi) is 3.12. The number of aliphatic hydroxyl groups excluding tert-OH is 1. The Labute approximate surface area is 93.6 Å². The van der Waals surface area contributed by atoms with E-state index in [1.54, 1.807) is 19.5 Å². The van der Waals surface area contributed by atoms with Gasteiger partial charge in [-0.25, -0.2) is 9.97 Å². The maximum Gasteiger partial charge on any atom is 0.159 e. The van der Waals surface area contributed by atoms with Crippen molar-refractivity contribution < 1.29 is 9.84 Å². The Hall–Kier alpha value is -1.94. The average Bonchev–Trinajstić information content (AvgIpc) is 2.39. The number of hydrogen-bond acceptors (Lipinski definition) is 4. The van der Waals surface area contributed by atoms with E-state index in [1.807, 2.05) is 24.3 Å². The normalized spacial score (nSPS) is 10.1. The van der Waals surface area contributed by atoms with E-state index >= 15 is 0 Å². The SMILES string of the molecule is COc1cccc(-c2ncc(CO)cn2)c1. The van der Waals surface area contributed by atoms with Crippen LogP contribution in [-0.4, -0.2) is 22.2 Å². The molecule has 0 saturated carbocycles. The molecule has 0 aliphatic carbocycles. The smallest absolute Gasteiger partial charge is 0.159 e. The molecule has 1 aromatic heterocycles. The van der Waals surface area contributed by atoms with Gasteiger partial charge in [-0.05, 0) is 12.1 Å². The summed E-state index contributed by atoms with van der Waals surface area (Å²) in [4.78, 5) is 8.34. The second-order valence-electron chi connectivity index (χ2n) is 3.30. The summed E-state index contributed by atoms with van der Waals surface area (Å²) in [7, 11) is 1.62. The monoisotopic (exact) mass is 216 g/mol. The Morgan fingerprint density at radius 1 is 1.25 bits per heavy atom. The molecule has 0 amide bonds. The zero-order chi connectivity index (χ0) is 11.4. The maximum absolute atomic E-state index is 8.88. The topological polar surface area (TPSA) is 55.2 Å². The number of benzene rings is 1. The van der Waals surface area contributed by atoms with Crippen LogP contribution in [0.25, 0.3) is 11.4 Å². The molecule has 0 bridgehead atoms. The van der Waals surface area contributed by atoms with Crippen LogP contribution >= 0.6 is 0 Å². The molecular weight excluding hydrogens is 204 g/mol. The largest absolute Gasteiger partial charge is 0.497 e. The van der Waals surface area contributed by atoms with Gasteiger partial charge in [0.2, 0.25) is 0 Å². The van der Waals surface area contributed by atoms with Crippen LogP contribution in [0.5, 0.6) is 5.75 Å². The van der Waals surface area contributed by atoms with Crippen molar-refractivity contribution in [2.45, 2.75) is 6.61 Å². The predicted octanol–water partition coefficient (Wildman–Crippen LogP) is 1.64. The molecule has 0 fully saturated rings. The molecule has 0 spiro atoms. The van der Waals surface area contributed by atoms with Crippen molar-refractivity contribution in [2.75, 3.05) is 7.11 Å². The summed E-state index contributed by atoms with van der Waals surface area (Å²) >= 11 is 0. The minimum atomic E-state index is -0.0433. The van der Waals surface area contributed by atoms with Gasteiger partial charge in [-0.3, -0.25) is 0 Å². The van der Waals surface area contributed by atoms with Crippen molar-refractivity contribution in [1.29, 1.82) is 0 Å². The number of methoxy groups -OCH3 is 1. The molecule has 0 saturated heterocycles. The van der Waals surface area contributed by atoms with Gasteiger partial charge in [-0.15, -0.1) is 0 Å². The fraction of sp³-hybridized carbons (Fsp3) is 0.167. The molecule has 82 valence electrons. The van der Waals surface area contributed by atoms with Crippen molar-refractivity contribution in [1.82, 2.24) is 9.97 Å². The first kappa shape index (κ1) is 10.6. The molecule has 0 radical (unpaired) electrons. The van der Waals surface area contributed by atoms with Gasteiger partial charge >= 0.3 is 0 Å². The molecule has 4 heteroatoms. The third-order valence-electron chi connectivity index (χ3n) is 2.22. The van der Waals surface area contributed by atoms with Crippen LogP contribution < -0.4 is 4.74 Å². The van der Waals surface area contributed by atoms with Crippen molar-refractivity contribution in [3.63, 3.8) is 0 Å². The molecule has 1 aromatic carbocycles. The van der Waals surface area contributed by atoms with Gasteiger partial charge in [0.1, 0.15) is 5.75 Å². The summed E-state index contributed by atoms with van der Waals surface area (Å²) in [6, 6.07) is 7.54. The highest BCUT2D eigenvalue weighted by Gasteiger charge is 2.02. The first-order valence-electron chi connectivity index (χ1n) is 4.89. The second-order valence-corrected chi connectivity index (χ2v) is 3.30. The molecule has 0 aliphatic heterocycles. The standard InChI is InChI=1S/C12H12N2O2/c1-16-11-4-2-3-10(5-11)12-13-6-9(8-15)7-14-12/h2-7,15H,8H2,1H3. The molecule has 0 unspecified atom stereocenters. The van der Waals surface area contributed by atoms with Crippen LogP contribution in [0, 0.1) is 0 Å². The lowest BCUT2D eigenvalue weighted by Crippen LogP contribution is -1.92. The number of ether oxygens (including phenoxy) is 1. The lowest BCUT2D eigenvalue weighted by Gasteiger charge is -2.03. The number of rotatable bonds is 3. The molecule has 1 heterocycles. The molecule has 0 atom stereocenters. The van der Waals surface area contributed by atoms with Gasteiger partial charge in [0.25, 0.3) is 0 Å². The predicted molar refractivity (Wildman–Crippen MR) is 59.9 cm³/mol. The molecule has 0 aliphatic rings. The first-order chi connectivity index (χ1) is 7.83.